The molecule has 1 saturated heterocycles. The van der Waals surface area contributed by atoms with E-state index in [2.05, 4.69) is 15.1 Å². The summed E-state index contributed by atoms with van der Waals surface area (Å²) in [5, 5.41) is 8.23. The van der Waals surface area contributed by atoms with Gasteiger partial charge in [0.2, 0.25) is 11.8 Å². The molecule has 0 atom stereocenters. The van der Waals surface area contributed by atoms with Gasteiger partial charge in [-0.15, -0.1) is 10.2 Å². The zero-order valence-electron chi connectivity index (χ0n) is 11.8. The summed E-state index contributed by atoms with van der Waals surface area (Å²) in [6.07, 6.45) is 2.15. The fourth-order valence-electron chi connectivity index (χ4n) is 2.45. The molecule has 1 aromatic rings. The number of nitrogens with zero attached hydrogens (tertiary/aromatic N) is 4. The Morgan fingerprint density at radius 2 is 2.00 bits per heavy atom. The van der Waals surface area contributed by atoms with Crippen molar-refractivity contribution < 1.29 is 9.53 Å². The quantitative estimate of drug-likeness (QED) is 0.819. The molecule has 0 spiro atoms. The number of hydrogen-bond donors (Lipinski definition) is 0. The summed E-state index contributed by atoms with van der Waals surface area (Å²) < 4.78 is 5.28. The molecule has 108 valence electrons. The minimum atomic E-state index is 0.312. The summed E-state index contributed by atoms with van der Waals surface area (Å²) in [5.41, 5.74) is 0. The number of aromatic nitrogens is 2. The van der Waals surface area contributed by atoms with Crippen molar-refractivity contribution in [2.75, 3.05) is 37.7 Å². The van der Waals surface area contributed by atoms with Gasteiger partial charge in [-0.1, -0.05) is 0 Å². The molecule has 1 amide bonds. The van der Waals surface area contributed by atoms with Crippen molar-refractivity contribution >= 4 is 11.7 Å². The van der Waals surface area contributed by atoms with Crippen molar-refractivity contribution in [3.8, 4) is 5.88 Å². The molecule has 0 radical (unpaired) electrons. The lowest BCUT2D eigenvalue weighted by molar-refractivity contribution is -0.132. The van der Waals surface area contributed by atoms with Crippen molar-refractivity contribution in [3.63, 3.8) is 0 Å². The van der Waals surface area contributed by atoms with E-state index in [0.29, 0.717) is 24.3 Å². The first-order valence-electron chi connectivity index (χ1n) is 7.28. The zero-order chi connectivity index (χ0) is 13.9. The van der Waals surface area contributed by atoms with Gasteiger partial charge >= 0.3 is 0 Å². The topological polar surface area (TPSA) is 58.6 Å². The van der Waals surface area contributed by atoms with Crippen LogP contribution in [0.1, 0.15) is 19.8 Å². The van der Waals surface area contributed by atoms with E-state index in [-0.39, 0.29) is 0 Å². The summed E-state index contributed by atoms with van der Waals surface area (Å²) >= 11 is 0. The van der Waals surface area contributed by atoms with Gasteiger partial charge < -0.3 is 14.5 Å². The molecule has 0 aromatic carbocycles. The number of carbonyl (C=O) groups is 1. The van der Waals surface area contributed by atoms with Crippen LogP contribution in [0.2, 0.25) is 0 Å². The van der Waals surface area contributed by atoms with E-state index in [1.54, 1.807) is 0 Å². The van der Waals surface area contributed by atoms with Crippen LogP contribution in [0.5, 0.6) is 5.88 Å². The van der Waals surface area contributed by atoms with E-state index >= 15 is 0 Å². The number of carbonyl (C=O) groups excluding carboxylic acids is 1. The Morgan fingerprint density at radius 3 is 2.55 bits per heavy atom. The molecule has 1 aliphatic carbocycles. The van der Waals surface area contributed by atoms with Crippen molar-refractivity contribution in [2.24, 2.45) is 5.92 Å². The van der Waals surface area contributed by atoms with E-state index in [4.69, 9.17) is 4.74 Å². The van der Waals surface area contributed by atoms with Crippen molar-refractivity contribution in [1.82, 2.24) is 15.1 Å². The molecule has 0 unspecified atom stereocenters. The first-order chi connectivity index (χ1) is 9.78. The van der Waals surface area contributed by atoms with Crippen molar-refractivity contribution in [3.05, 3.63) is 12.1 Å². The SMILES string of the molecule is CCOc1ccc(N2CCN(C(=O)C3CC3)CC2)nn1. The van der Waals surface area contributed by atoms with E-state index < -0.39 is 0 Å². The predicted octanol–water partition coefficient (Wildman–Crippen LogP) is 0.934. The molecule has 1 saturated carbocycles. The van der Waals surface area contributed by atoms with Gasteiger partial charge in [0.15, 0.2) is 5.82 Å². The van der Waals surface area contributed by atoms with E-state index in [1.165, 1.54) is 0 Å². The molecule has 1 aliphatic heterocycles. The number of ether oxygens (including phenoxy) is 1. The molecule has 3 rings (SSSR count). The molecular weight excluding hydrogens is 256 g/mol. The maximum atomic E-state index is 12.0. The summed E-state index contributed by atoms with van der Waals surface area (Å²) in [4.78, 5) is 16.1. The standard InChI is InChI=1S/C14H20N4O2/c1-2-20-13-6-5-12(15-16-13)17-7-9-18(10-8-17)14(19)11-3-4-11/h5-6,11H,2-4,7-10H2,1H3. The Hall–Kier alpha value is -1.85. The number of rotatable bonds is 4. The third-order valence-corrected chi connectivity index (χ3v) is 3.76. The van der Waals surface area contributed by atoms with Crippen LogP contribution in [0.3, 0.4) is 0 Å². The van der Waals surface area contributed by atoms with Crippen molar-refractivity contribution in [2.45, 2.75) is 19.8 Å². The van der Waals surface area contributed by atoms with Crippen LogP contribution in [-0.2, 0) is 4.79 Å². The fourth-order valence-corrected chi connectivity index (χ4v) is 2.45. The molecule has 6 nitrogen and oxygen atoms in total. The van der Waals surface area contributed by atoms with Crippen LogP contribution >= 0.6 is 0 Å². The lowest BCUT2D eigenvalue weighted by Crippen LogP contribution is -2.49. The molecule has 6 heteroatoms. The number of amides is 1. The molecular formula is C14H20N4O2. The van der Waals surface area contributed by atoms with Crippen LogP contribution in [0.4, 0.5) is 5.82 Å². The first-order valence-corrected chi connectivity index (χ1v) is 7.28. The Morgan fingerprint density at radius 1 is 1.25 bits per heavy atom. The monoisotopic (exact) mass is 276 g/mol. The molecule has 0 bridgehead atoms. The highest BCUT2D eigenvalue weighted by Gasteiger charge is 2.34. The number of hydrogen-bond acceptors (Lipinski definition) is 5. The molecule has 2 fully saturated rings. The second kappa shape index (κ2) is 5.64. The predicted molar refractivity (Wildman–Crippen MR) is 74.7 cm³/mol. The largest absolute Gasteiger partial charge is 0.477 e. The smallest absolute Gasteiger partial charge is 0.233 e. The van der Waals surface area contributed by atoms with Gasteiger partial charge in [-0.2, -0.15) is 0 Å². The lowest BCUT2D eigenvalue weighted by atomic mass is 10.2. The third-order valence-electron chi connectivity index (χ3n) is 3.76. The van der Waals surface area contributed by atoms with Crippen molar-refractivity contribution in [1.29, 1.82) is 0 Å². The van der Waals surface area contributed by atoms with Crippen LogP contribution in [0, 0.1) is 5.92 Å². The average molecular weight is 276 g/mol. The van der Waals surface area contributed by atoms with Gasteiger partial charge in [-0.3, -0.25) is 4.79 Å². The molecule has 2 heterocycles. The summed E-state index contributed by atoms with van der Waals surface area (Å²) in [6.45, 7) is 5.72. The minimum Gasteiger partial charge on any atom is -0.477 e. The fraction of sp³-hybridized carbons (Fsp3) is 0.643. The number of piperazine rings is 1. The molecule has 1 aromatic heterocycles. The van der Waals surface area contributed by atoms with Gasteiger partial charge in [0.05, 0.1) is 6.61 Å². The maximum absolute atomic E-state index is 12.0. The molecule has 0 N–H and O–H groups in total. The Labute approximate surface area is 118 Å². The van der Waals surface area contributed by atoms with Gasteiger partial charge in [0.25, 0.3) is 0 Å². The third kappa shape index (κ3) is 2.84. The Bertz CT molecular complexity index is 465. The average Bonchev–Trinajstić information content (AvgIpc) is 3.33. The van der Waals surface area contributed by atoms with E-state index in [1.807, 2.05) is 24.0 Å². The van der Waals surface area contributed by atoms with E-state index in [9.17, 15) is 4.79 Å². The van der Waals surface area contributed by atoms with Gasteiger partial charge in [-0.25, -0.2) is 0 Å². The van der Waals surface area contributed by atoms with Crippen LogP contribution < -0.4 is 9.64 Å². The van der Waals surface area contributed by atoms with Gasteiger partial charge in [0, 0.05) is 38.2 Å². The number of anilines is 1. The minimum absolute atomic E-state index is 0.312. The second-order valence-corrected chi connectivity index (χ2v) is 5.25. The van der Waals surface area contributed by atoms with Crippen LogP contribution in [-0.4, -0.2) is 53.8 Å². The Balaban J connectivity index is 1.55. The molecule has 20 heavy (non-hydrogen) atoms. The summed E-state index contributed by atoms with van der Waals surface area (Å²) in [5.74, 6) is 2.06. The highest BCUT2D eigenvalue weighted by atomic mass is 16.5. The van der Waals surface area contributed by atoms with Crippen LogP contribution in [0.15, 0.2) is 12.1 Å². The van der Waals surface area contributed by atoms with E-state index in [0.717, 1.165) is 44.8 Å². The van der Waals surface area contributed by atoms with Gasteiger partial charge in [-0.05, 0) is 25.8 Å². The Kier molecular flexibility index (Phi) is 3.71. The highest BCUT2D eigenvalue weighted by Crippen LogP contribution is 2.31. The van der Waals surface area contributed by atoms with Crippen LogP contribution in [0.25, 0.3) is 0 Å². The first kappa shape index (κ1) is 13.1. The lowest BCUT2D eigenvalue weighted by Gasteiger charge is -2.35. The summed E-state index contributed by atoms with van der Waals surface area (Å²) in [7, 11) is 0. The molecule has 2 aliphatic rings. The normalized spacial score (nSPS) is 19.1. The zero-order valence-corrected chi connectivity index (χ0v) is 11.8. The maximum Gasteiger partial charge on any atom is 0.233 e. The second-order valence-electron chi connectivity index (χ2n) is 5.25. The summed E-state index contributed by atoms with van der Waals surface area (Å²) in [6, 6.07) is 3.77. The van der Waals surface area contributed by atoms with Gasteiger partial charge in [0.1, 0.15) is 0 Å². The highest BCUT2D eigenvalue weighted by molar-refractivity contribution is 5.81.